The molecule has 4 aromatic rings. The van der Waals surface area contributed by atoms with E-state index >= 15 is 0 Å². The maximum atomic E-state index is 13.4. The van der Waals surface area contributed by atoms with Gasteiger partial charge in [-0.2, -0.15) is 0 Å². The van der Waals surface area contributed by atoms with Crippen molar-refractivity contribution in [2.24, 2.45) is 11.3 Å². The molecule has 55 heavy (non-hydrogen) atoms. The fraction of sp³-hybridized carbons (Fsp3) is 0.500. The van der Waals surface area contributed by atoms with E-state index < -0.39 is 11.9 Å². The molecule has 5 heterocycles. The van der Waals surface area contributed by atoms with Gasteiger partial charge >= 0.3 is 6.36 Å². The summed E-state index contributed by atoms with van der Waals surface area (Å²) in [5.74, 6) is 0.158. The lowest BCUT2D eigenvalue weighted by atomic mass is 9.77. The number of aromatic nitrogens is 1. The first-order valence-corrected chi connectivity index (χ1v) is 20.3. The molecule has 1 spiro atoms. The summed E-state index contributed by atoms with van der Waals surface area (Å²) in [6.07, 6.45) is 3.33. The number of rotatable bonds is 11. The van der Waals surface area contributed by atoms with E-state index in [2.05, 4.69) is 59.5 Å². The number of hydrogen-bond donors (Lipinski definition) is 3. The summed E-state index contributed by atoms with van der Waals surface area (Å²) >= 11 is 12.9. The number of aryl methyl sites for hydroxylation is 1. The monoisotopic (exact) mass is 796 g/mol. The highest BCUT2D eigenvalue weighted by atomic mass is 35.5. The highest BCUT2D eigenvalue weighted by Crippen LogP contribution is 2.42. The molecular formula is C42H49Cl2F3N6O2. The Morgan fingerprint density at radius 2 is 1.67 bits per heavy atom. The summed E-state index contributed by atoms with van der Waals surface area (Å²) in [5.41, 5.74) is 4.86. The predicted molar refractivity (Wildman–Crippen MR) is 211 cm³/mol. The van der Waals surface area contributed by atoms with Crippen LogP contribution in [0.2, 0.25) is 10.0 Å². The van der Waals surface area contributed by atoms with Gasteiger partial charge in [0.2, 0.25) is 5.91 Å². The van der Waals surface area contributed by atoms with Crippen molar-refractivity contribution in [1.82, 2.24) is 30.3 Å². The fourth-order valence-electron chi connectivity index (χ4n) is 9.59. The van der Waals surface area contributed by atoms with Gasteiger partial charge in [-0.05, 0) is 130 Å². The van der Waals surface area contributed by atoms with Crippen molar-refractivity contribution in [3.8, 4) is 16.9 Å². The van der Waals surface area contributed by atoms with Gasteiger partial charge < -0.3 is 25.3 Å². The molecule has 3 N–H and O–H groups in total. The highest BCUT2D eigenvalue weighted by Gasteiger charge is 2.49. The number of carbonyl (C=O) groups excluding carboxylic acids is 1. The van der Waals surface area contributed by atoms with Crippen molar-refractivity contribution < 1.29 is 22.7 Å². The third-order valence-electron chi connectivity index (χ3n) is 12.6. The molecule has 13 heteroatoms. The highest BCUT2D eigenvalue weighted by molar-refractivity contribution is 6.36. The van der Waals surface area contributed by atoms with Crippen LogP contribution in [0.25, 0.3) is 22.0 Å². The number of carbonyl (C=O) groups is 1. The van der Waals surface area contributed by atoms with Gasteiger partial charge in [-0.15, -0.1) is 13.2 Å². The number of alkyl halides is 3. The normalized spacial score (nSPS) is 23.0. The molecule has 4 aliphatic rings. The molecular weight excluding hydrogens is 748 g/mol. The lowest BCUT2D eigenvalue weighted by Crippen LogP contribution is -2.62. The number of amides is 1. The number of fused-ring (bicyclic) bond motifs is 2. The number of hydrogen-bond acceptors (Lipinski definition) is 6. The minimum Gasteiger partial charge on any atom is -0.406 e. The van der Waals surface area contributed by atoms with Crippen molar-refractivity contribution in [3.05, 3.63) is 88.0 Å². The number of halogens is 5. The molecule has 0 saturated carbocycles. The Morgan fingerprint density at radius 3 is 2.42 bits per heavy atom. The Labute approximate surface area is 330 Å². The molecule has 4 aliphatic heterocycles. The minimum absolute atomic E-state index is 0.0941. The van der Waals surface area contributed by atoms with Gasteiger partial charge in [0.15, 0.2) is 0 Å². The molecule has 2 unspecified atom stereocenters. The second kappa shape index (κ2) is 15.9. The van der Waals surface area contributed by atoms with E-state index in [9.17, 15) is 18.0 Å². The van der Waals surface area contributed by atoms with Crippen LogP contribution in [0.4, 0.5) is 13.2 Å². The van der Waals surface area contributed by atoms with Gasteiger partial charge in [0.25, 0.3) is 0 Å². The van der Waals surface area contributed by atoms with Crippen LogP contribution in [0.3, 0.4) is 0 Å². The van der Waals surface area contributed by atoms with Crippen LogP contribution in [-0.4, -0.2) is 84.5 Å². The Morgan fingerprint density at radius 1 is 0.927 bits per heavy atom. The summed E-state index contributed by atoms with van der Waals surface area (Å²) in [6.45, 7) is 9.54. The first kappa shape index (κ1) is 38.5. The maximum absolute atomic E-state index is 13.4. The Hall–Kier alpha value is -3.32. The Kier molecular flexibility index (Phi) is 11.1. The third-order valence-corrected chi connectivity index (χ3v) is 13.3. The molecule has 4 saturated heterocycles. The van der Waals surface area contributed by atoms with E-state index in [1.54, 1.807) is 12.1 Å². The van der Waals surface area contributed by atoms with E-state index in [1.807, 2.05) is 18.2 Å². The summed E-state index contributed by atoms with van der Waals surface area (Å²) in [7, 11) is 0. The summed E-state index contributed by atoms with van der Waals surface area (Å²) in [6, 6.07) is 18.4. The van der Waals surface area contributed by atoms with Gasteiger partial charge in [0.1, 0.15) is 11.3 Å². The molecule has 8 nitrogen and oxygen atoms in total. The van der Waals surface area contributed by atoms with Crippen LogP contribution < -0.4 is 20.7 Å². The van der Waals surface area contributed by atoms with Crippen LogP contribution in [0.15, 0.2) is 66.9 Å². The third kappa shape index (κ3) is 8.38. The van der Waals surface area contributed by atoms with Crippen LogP contribution >= 0.6 is 23.2 Å². The van der Waals surface area contributed by atoms with Gasteiger partial charge in [-0.3, -0.25) is 14.6 Å². The average Bonchev–Trinajstić information content (AvgIpc) is 3.88. The van der Waals surface area contributed by atoms with Crippen molar-refractivity contribution >= 4 is 40.0 Å². The van der Waals surface area contributed by atoms with Crippen LogP contribution in [-0.2, 0) is 24.4 Å². The number of piperidine rings is 2. The molecule has 4 fully saturated rings. The summed E-state index contributed by atoms with van der Waals surface area (Å²) in [4.78, 5) is 18.4. The molecule has 0 bridgehead atoms. The second-order valence-electron chi connectivity index (χ2n) is 16.0. The standard InChI is InChI=1S/C42H49Cl2F3N6O2/c43-36-3-1-4-37(44)35(36)26-51-20-13-40(14-21-51)15-22-52(28-40)25-29-5-10-38-33(23-29)34(30-6-8-32(9-7-30)55-42(45,46)47)27-53(38)19-2-16-49-39(54)41-12-18-48-24-31(41)11-17-50-41/h1,3-10,23,27,31,48,50H,2,11-22,24-26,28H2,(H,49,54). The number of benzene rings is 3. The molecule has 3 aromatic carbocycles. The van der Waals surface area contributed by atoms with E-state index in [1.165, 1.54) is 24.1 Å². The quantitative estimate of drug-likeness (QED) is 0.134. The van der Waals surface area contributed by atoms with E-state index in [4.69, 9.17) is 23.2 Å². The van der Waals surface area contributed by atoms with Crippen molar-refractivity contribution in [2.75, 3.05) is 52.4 Å². The number of ether oxygens (including phenoxy) is 1. The molecule has 0 aliphatic carbocycles. The number of likely N-dealkylation sites (tertiary alicyclic amines) is 2. The molecule has 8 rings (SSSR count). The molecule has 0 radical (unpaired) electrons. The minimum atomic E-state index is -4.75. The van der Waals surface area contributed by atoms with Crippen molar-refractivity contribution in [1.29, 1.82) is 0 Å². The Bertz CT molecular complexity index is 1980. The SMILES string of the molecule is O=C(NCCCn1cc(-c2ccc(OC(F)(F)F)cc2)c2cc(CN3CCC4(CCN(Cc5c(Cl)cccc5Cl)CC4)C3)ccc21)C12CCNCC1CCN2. The molecule has 1 amide bonds. The van der Waals surface area contributed by atoms with Gasteiger partial charge in [-0.25, -0.2) is 0 Å². The van der Waals surface area contributed by atoms with Gasteiger partial charge in [0.05, 0.1) is 0 Å². The second-order valence-corrected chi connectivity index (χ2v) is 16.9. The fourth-order valence-corrected chi connectivity index (χ4v) is 10.1. The average molecular weight is 798 g/mol. The number of nitrogens with zero attached hydrogens (tertiary/aromatic N) is 3. The summed E-state index contributed by atoms with van der Waals surface area (Å²) in [5, 5.41) is 12.7. The van der Waals surface area contributed by atoms with Gasteiger partial charge in [-0.1, -0.05) is 47.5 Å². The van der Waals surface area contributed by atoms with E-state index in [0.717, 1.165) is 129 Å². The van der Waals surface area contributed by atoms with Crippen LogP contribution in [0.1, 0.15) is 49.7 Å². The Balaban J connectivity index is 0.946. The lowest BCUT2D eigenvalue weighted by molar-refractivity contribution is -0.274. The largest absolute Gasteiger partial charge is 0.573 e. The molecule has 2 atom stereocenters. The van der Waals surface area contributed by atoms with Crippen molar-refractivity contribution in [3.63, 3.8) is 0 Å². The van der Waals surface area contributed by atoms with Crippen molar-refractivity contribution in [2.45, 2.75) is 70.1 Å². The summed E-state index contributed by atoms with van der Waals surface area (Å²) < 4.78 is 45.1. The smallest absolute Gasteiger partial charge is 0.406 e. The van der Waals surface area contributed by atoms with Crippen LogP contribution in [0, 0.1) is 11.3 Å². The molecule has 294 valence electrons. The topological polar surface area (TPSA) is 73.8 Å². The van der Waals surface area contributed by atoms with Gasteiger partial charge in [0, 0.05) is 77.5 Å². The molecule has 1 aromatic heterocycles. The zero-order valence-corrected chi connectivity index (χ0v) is 32.5. The lowest BCUT2D eigenvalue weighted by Gasteiger charge is -2.39. The predicted octanol–water partition coefficient (Wildman–Crippen LogP) is 7.85. The first-order chi connectivity index (χ1) is 26.5. The first-order valence-electron chi connectivity index (χ1n) is 19.6. The van der Waals surface area contributed by atoms with Crippen LogP contribution in [0.5, 0.6) is 5.75 Å². The van der Waals surface area contributed by atoms with E-state index in [-0.39, 0.29) is 11.7 Å². The zero-order chi connectivity index (χ0) is 38.2. The van der Waals surface area contributed by atoms with E-state index in [0.29, 0.717) is 24.4 Å². The zero-order valence-electron chi connectivity index (χ0n) is 31.0. The number of nitrogens with one attached hydrogen (secondary N) is 3. The maximum Gasteiger partial charge on any atom is 0.573 e.